The van der Waals surface area contributed by atoms with Crippen LogP contribution >= 0.6 is 34.7 Å². The van der Waals surface area contributed by atoms with E-state index in [4.69, 9.17) is 11.6 Å². The van der Waals surface area contributed by atoms with Gasteiger partial charge in [0.1, 0.15) is 0 Å². The summed E-state index contributed by atoms with van der Waals surface area (Å²) in [5.74, 6) is 0.596. The maximum Gasteiger partial charge on any atom is 0.233 e. The van der Waals surface area contributed by atoms with E-state index in [0.717, 1.165) is 36.0 Å². The number of amides is 1. The van der Waals surface area contributed by atoms with E-state index in [9.17, 15) is 4.79 Å². The van der Waals surface area contributed by atoms with E-state index in [2.05, 4.69) is 15.5 Å². The fraction of sp³-hybridized carbons (Fsp3) is 0.357. The summed E-state index contributed by atoms with van der Waals surface area (Å²) in [6, 6.07) is 7.47. The standard InChI is InChI=1S/C14H15ClN4OS2/c15-10-5-1-2-6-11(10)16-13-17-18-14(22-13)21-9-12(20)19-7-3-4-8-19/h1-2,5-6H,3-4,7-9H2,(H,16,17). The van der Waals surface area contributed by atoms with Crippen molar-refractivity contribution in [3.05, 3.63) is 29.3 Å². The predicted molar refractivity (Wildman–Crippen MR) is 91.2 cm³/mol. The number of carbonyl (C=O) groups is 1. The van der Waals surface area contributed by atoms with Crippen LogP contribution in [0, 0.1) is 0 Å². The summed E-state index contributed by atoms with van der Waals surface area (Å²) in [5.41, 5.74) is 0.796. The molecule has 2 aromatic rings. The van der Waals surface area contributed by atoms with Gasteiger partial charge in [0.15, 0.2) is 4.34 Å². The third-order valence-corrected chi connectivity index (χ3v) is 5.59. The molecule has 22 heavy (non-hydrogen) atoms. The van der Waals surface area contributed by atoms with Crippen molar-refractivity contribution in [1.29, 1.82) is 0 Å². The number of hydrogen-bond acceptors (Lipinski definition) is 6. The van der Waals surface area contributed by atoms with Gasteiger partial charge in [0.25, 0.3) is 0 Å². The highest BCUT2D eigenvalue weighted by Gasteiger charge is 2.18. The molecule has 1 aliphatic heterocycles. The first-order valence-electron chi connectivity index (χ1n) is 6.98. The Labute approximate surface area is 142 Å². The first-order chi connectivity index (χ1) is 10.7. The highest BCUT2D eigenvalue weighted by Crippen LogP contribution is 2.30. The number of benzene rings is 1. The van der Waals surface area contributed by atoms with Crippen molar-refractivity contribution < 1.29 is 4.79 Å². The molecule has 1 aromatic heterocycles. The third kappa shape index (κ3) is 3.91. The number of anilines is 2. The number of hydrogen-bond donors (Lipinski definition) is 1. The fourth-order valence-corrected chi connectivity index (χ4v) is 4.03. The second kappa shape index (κ2) is 7.30. The Morgan fingerprint density at radius 3 is 2.86 bits per heavy atom. The topological polar surface area (TPSA) is 58.1 Å². The lowest BCUT2D eigenvalue weighted by molar-refractivity contribution is -0.127. The lowest BCUT2D eigenvalue weighted by Crippen LogP contribution is -2.29. The smallest absolute Gasteiger partial charge is 0.233 e. The second-order valence-electron chi connectivity index (χ2n) is 4.85. The van der Waals surface area contributed by atoms with Crippen LogP contribution in [0.15, 0.2) is 28.6 Å². The maximum absolute atomic E-state index is 12.0. The number of nitrogens with one attached hydrogen (secondary N) is 1. The Morgan fingerprint density at radius 1 is 1.32 bits per heavy atom. The van der Waals surface area contributed by atoms with Crippen LogP contribution in [0.4, 0.5) is 10.8 Å². The molecule has 2 heterocycles. The van der Waals surface area contributed by atoms with Gasteiger partial charge in [-0.2, -0.15) is 0 Å². The van der Waals surface area contributed by atoms with Crippen LogP contribution in [0.2, 0.25) is 5.02 Å². The molecule has 0 bridgehead atoms. The number of rotatable bonds is 5. The van der Waals surface area contributed by atoms with E-state index in [0.29, 0.717) is 15.9 Å². The Bertz CT molecular complexity index is 658. The van der Waals surface area contributed by atoms with E-state index in [1.807, 2.05) is 29.2 Å². The highest BCUT2D eigenvalue weighted by molar-refractivity contribution is 8.01. The van der Waals surface area contributed by atoms with E-state index in [-0.39, 0.29) is 5.91 Å². The van der Waals surface area contributed by atoms with Crippen LogP contribution < -0.4 is 5.32 Å². The van der Waals surface area contributed by atoms with Gasteiger partial charge in [-0.15, -0.1) is 10.2 Å². The average Bonchev–Trinajstić information content (AvgIpc) is 3.19. The maximum atomic E-state index is 12.0. The summed E-state index contributed by atoms with van der Waals surface area (Å²) in [7, 11) is 0. The summed E-state index contributed by atoms with van der Waals surface area (Å²) in [6.07, 6.45) is 2.22. The zero-order valence-corrected chi connectivity index (χ0v) is 14.2. The molecule has 116 valence electrons. The minimum atomic E-state index is 0.179. The molecule has 0 radical (unpaired) electrons. The molecule has 1 saturated heterocycles. The van der Waals surface area contributed by atoms with Gasteiger partial charge in [-0.3, -0.25) is 4.79 Å². The van der Waals surface area contributed by atoms with Gasteiger partial charge in [-0.05, 0) is 25.0 Å². The fourth-order valence-electron chi connectivity index (χ4n) is 2.18. The van der Waals surface area contributed by atoms with Gasteiger partial charge in [0.2, 0.25) is 11.0 Å². The van der Waals surface area contributed by atoms with Crippen molar-refractivity contribution >= 4 is 51.4 Å². The molecule has 1 N–H and O–H groups in total. The van der Waals surface area contributed by atoms with Gasteiger partial charge in [0, 0.05) is 13.1 Å². The molecule has 8 heteroatoms. The number of halogens is 1. The van der Waals surface area contributed by atoms with E-state index in [1.165, 1.54) is 23.1 Å². The lowest BCUT2D eigenvalue weighted by atomic mass is 10.3. The molecule has 0 spiro atoms. The Balaban J connectivity index is 1.55. The van der Waals surface area contributed by atoms with Gasteiger partial charge in [-0.25, -0.2) is 0 Å². The third-order valence-electron chi connectivity index (χ3n) is 3.30. The first-order valence-corrected chi connectivity index (χ1v) is 9.16. The minimum Gasteiger partial charge on any atom is -0.342 e. The quantitative estimate of drug-likeness (QED) is 0.830. The number of aromatic nitrogens is 2. The lowest BCUT2D eigenvalue weighted by Gasteiger charge is -2.13. The number of thioether (sulfide) groups is 1. The van der Waals surface area contributed by atoms with Crippen LogP contribution in [0.5, 0.6) is 0 Å². The first kappa shape index (κ1) is 15.6. The zero-order valence-electron chi connectivity index (χ0n) is 11.8. The van der Waals surface area contributed by atoms with Crippen LogP contribution in [0.1, 0.15) is 12.8 Å². The number of para-hydroxylation sites is 1. The Morgan fingerprint density at radius 2 is 2.09 bits per heavy atom. The van der Waals surface area contributed by atoms with Crippen LogP contribution in [-0.2, 0) is 4.79 Å². The van der Waals surface area contributed by atoms with E-state index < -0.39 is 0 Å². The summed E-state index contributed by atoms with van der Waals surface area (Å²) in [5, 5.41) is 12.6. The number of nitrogens with zero attached hydrogens (tertiary/aromatic N) is 3. The molecular weight excluding hydrogens is 340 g/mol. The van der Waals surface area contributed by atoms with Gasteiger partial charge >= 0.3 is 0 Å². The Kier molecular flexibility index (Phi) is 5.17. The largest absolute Gasteiger partial charge is 0.342 e. The van der Waals surface area contributed by atoms with Crippen molar-refractivity contribution in [2.75, 3.05) is 24.2 Å². The summed E-state index contributed by atoms with van der Waals surface area (Å²) in [6.45, 7) is 1.77. The summed E-state index contributed by atoms with van der Waals surface area (Å²) < 4.78 is 0.780. The van der Waals surface area contributed by atoms with Gasteiger partial charge in [-0.1, -0.05) is 46.8 Å². The predicted octanol–water partition coefficient (Wildman–Crippen LogP) is 3.65. The molecule has 0 aliphatic carbocycles. The molecule has 1 fully saturated rings. The second-order valence-corrected chi connectivity index (χ2v) is 7.46. The normalized spacial score (nSPS) is 14.3. The van der Waals surface area contributed by atoms with Crippen LogP contribution in [0.3, 0.4) is 0 Å². The van der Waals surface area contributed by atoms with Crippen molar-refractivity contribution in [2.24, 2.45) is 0 Å². The molecule has 1 aromatic carbocycles. The average molecular weight is 355 g/mol. The molecule has 0 saturated carbocycles. The minimum absolute atomic E-state index is 0.179. The number of carbonyl (C=O) groups excluding carboxylic acids is 1. The molecular formula is C14H15ClN4OS2. The Hall–Kier alpha value is -1.31. The van der Waals surface area contributed by atoms with Crippen molar-refractivity contribution in [1.82, 2.24) is 15.1 Å². The van der Waals surface area contributed by atoms with E-state index >= 15 is 0 Å². The summed E-state index contributed by atoms with van der Waals surface area (Å²) in [4.78, 5) is 13.9. The van der Waals surface area contributed by atoms with Gasteiger partial charge < -0.3 is 10.2 Å². The molecule has 0 unspecified atom stereocenters. The molecule has 5 nitrogen and oxygen atoms in total. The van der Waals surface area contributed by atoms with Crippen LogP contribution in [0.25, 0.3) is 0 Å². The van der Waals surface area contributed by atoms with Gasteiger partial charge in [0.05, 0.1) is 16.5 Å². The van der Waals surface area contributed by atoms with Crippen molar-refractivity contribution in [3.8, 4) is 0 Å². The number of likely N-dealkylation sites (tertiary alicyclic amines) is 1. The summed E-state index contributed by atoms with van der Waals surface area (Å²) >= 11 is 8.95. The molecule has 1 aliphatic rings. The van der Waals surface area contributed by atoms with Crippen LogP contribution in [-0.4, -0.2) is 39.8 Å². The van der Waals surface area contributed by atoms with Crippen molar-refractivity contribution in [2.45, 2.75) is 17.2 Å². The van der Waals surface area contributed by atoms with E-state index in [1.54, 1.807) is 0 Å². The molecule has 3 rings (SSSR count). The zero-order chi connectivity index (χ0) is 15.4. The molecule has 1 amide bonds. The molecule has 0 atom stereocenters. The SMILES string of the molecule is O=C(CSc1nnc(Nc2ccccc2Cl)s1)N1CCCC1. The van der Waals surface area contributed by atoms with Crippen molar-refractivity contribution in [3.63, 3.8) is 0 Å². The monoisotopic (exact) mass is 354 g/mol. The highest BCUT2D eigenvalue weighted by atomic mass is 35.5.